The summed E-state index contributed by atoms with van der Waals surface area (Å²) in [7, 11) is 2.95. The molecule has 0 aliphatic carbocycles. The molecule has 0 unspecified atom stereocenters. The van der Waals surface area contributed by atoms with Crippen molar-refractivity contribution in [1.82, 2.24) is 9.13 Å². The molecule has 5 nitrogen and oxygen atoms in total. The van der Waals surface area contributed by atoms with Crippen molar-refractivity contribution in [2.45, 2.75) is 0 Å². The molecule has 0 saturated carbocycles. The van der Waals surface area contributed by atoms with Gasteiger partial charge in [0.15, 0.2) is 5.78 Å². The molecule has 2 aromatic rings. The van der Waals surface area contributed by atoms with Gasteiger partial charge < -0.3 is 4.57 Å². The van der Waals surface area contributed by atoms with Gasteiger partial charge in [-0.3, -0.25) is 14.2 Å². The smallest absolute Gasteiger partial charge is 0.303 e. The highest BCUT2D eigenvalue weighted by Crippen LogP contribution is 2.11. The first kappa shape index (κ1) is 15.2. The molecular weight excluding hydrogens is 336 g/mol. The molecule has 108 valence electrons. The number of hydrogen-bond acceptors (Lipinski definition) is 3. The first-order valence-electron chi connectivity index (χ1n) is 6.15. The molecule has 1 heterocycles. The topological polar surface area (TPSA) is 61.1 Å². The highest BCUT2D eigenvalue weighted by molar-refractivity contribution is 9.10. The van der Waals surface area contributed by atoms with Gasteiger partial charge >= 0.3 is 5.69 Å². The molecule has 0 bridgehead atoms. The number of aromatic nitrogens is 2. The molecule has 0 fully saturated rings. The average molecular weight is 349 g/mol. The number of ketones is 1. The van der Waals surface area contributed by atoms with Gasteiger partial charge in [-0.15, -0.1) is 0 Å². The van der Waals surface area contributed by atoms with Crippen molar-refractivity contribution in [1.29, 1.82) is 0 Å². The lowest BCUT2D eigenvalue weighted by atomic mass is 10.1. The Morgan fingerprint density at radius 3 is 2.38 bits per heavy atom. The molecule has 6 heteroatoms. The van der Waals surface area contributed by atoms with Crippen LogP contribution in [0.4, 0.5) is 0 Å². The Morgan fingerprint density at radius 1 is 1.14 bits per heavy atom. The van der Waals surface area contributed by atoms with Gasteiger partial charge in [-0.1, -0.05) is 15.9 Å². The lowest BCUT2D eigenvalue weighted by Gasteiger charge is -2.03. The van der Waals surface area contributed by atoms with Crippen molar-refractivity contribution in [3.63, 3.8) is 0 Å². The normalized spacial score (nSPS) is 11.0. The van der Waals surface area contributed by atoms with Crippen molar-refractivity contribution >= 4 is 27.8 Å². The molecular formula is C15H13BrN2O3. The summed E-state index contributed by atoms with van der Waals surface area (Å²) in [4.78, 5) is 35.5. The van der Waals surface area contributed by atoms with E-state index in [-0.39, 0.29) is 11.3 Å². The number of allylic oxidation sites excluding steroid dienone is 1. The largest absolute Gasteiger partial charge is 0.330 e. The number of halogens is 1. The molecule has 0 atom stereocenters. The predicted molar refractivity (Wildman–Crippen MR) is 84.4 cm³/mol. The molecule has 0 aliphatic rings. The summed E-state index contributed by atoms with van der Waals surface area (Å²) < 4.78 is 3.18. The van der Waals surface area contributed by atoms with E-state index in [1.807, 2.05) is 0 Å². The van der Waals surface area contributed by atoms with Gasteiger partial charge in [-0.05, 0) is 36.4 Å². The summed E-state index contributed by atoms with van der Waals surface area (Å²) in [5, 5.41) is 0. The van der Waals surface area contributed by atoms with E-state index in [2.05, 4.69) is 15.9 Å². The van der Waals surface area contributed by atoms with Crippen molar-refractivity contribution in [2.24, 2.45) is 14.1 Å². The summed E-state index contributed by atoms with van der Waals surface area (Å²) in [6, 6.07) is 6.92. The highest BCUT2D eigenvalue weighted by atomic mass is 79.9. The van der Waals surface area contributed by atoms with Crippen LogP contribution in [0.5, 0.6) is 0 Å². The van der Waals surface area contributed by atoms with Crippen LogP contribution >= 0.6 is 15.9 Å². The fourth-order valence-corrected chi connectivity index (χ4v) is 2.09. The summed E-state index contributed by atoms with van der Waals surface area (Å²) in [5.74, 6) is -0.210. The van der Waals surface area contributed by atoms with Crippen LogP contribution in [-0.4, -0.2) is 14.9 Å². The number of benzene rings is 1. The average Bonchev–Trinajstić information content (AvgIpc) is 2.48. The number of aryl methyl sites for hydroxylation is 1. The van der Waals surface area contributed by atoms with Crippen LogP contribution < -0.4 is 11.2 Å². The van der Waals surface area contributed by atoms with E-state index < -0.39 is 11.2 Å². The summed E-state index contributed by atoms with van der Waals surface area (Å²) in [6.07, 6.45) is 4.16. The molecule has 1 aromatic carbocycles. The van der Waals surface area contributed by atoms with Gasteiger partial charge in [0.25, 0.3) is 5.56 Å². The molecule has 0 spiro atoms. The fourth-order valence-electron chi connectivity index (χ4n) is 1.83. The number of carbonyl (C=O) groups is 1. The molecule has 0 aliphatic heterocycles. The number of rotatable bonds is 3. The van der Waals surface area contributed by atoms with Gasteiger partial charge in [0.05, 0.1) is 5.56 Å². The number of carbonyl (C=O) groups excluding carboxylic acids is 1. The van der Waals surface area contributed by atoms with Gasteiger partial charge in [-0.25, -0.2) is 4.79 Å². The second-order valence-electron chi connectivity index (χ2n) is 4.55. The van der Waals surface area contributed by atoms with E-state index >= 15 is 0 Å². The Bertz CT molecular complexity index is 829. The number of nitrogens with zero attached hydrogens (tertiary/aromatic N) is 2. The Balaban J connectivity index is 2.34. The third-order valence-corrected chi connectivity index (χ3v) is 3.54. The summed E-state index contributed by atoms with van der Waals surface area (Å²) >= 11 is 3.30. The maximum Gasteiger partial charge on any atom is 0.330 e. The first-order chi connectivity index (χ1) is 9.90. The fraction of sp³-hybridized carbons (Fsp3) is 0.133. The van der Waals surface area contributed by atoms with E-state index in [0.717, 1.165) is 9.04 Å². The Kier molecular flexibility index (Phi) is 4.37. The third kappa shape index (κ3) is 3.28. The van der Waals surface area contributed by atoms with Crippen molar-refractivity contribution in [3.8, 4) is 0 Å². The van der Waals surface area contributed by atoms with E-state index in [9.17, 15) is 14.4 Å². The zero-order valence-corrected chi connectivity index (χ0v) is 13.1. The standard InChI is InChI=1S/C15H13BrN2O3/c1-17-9-11(14(20)18(2)15(17)21)5-8-13(19)10-3-6-12(16)7-4-10/h3-9H,1-2H3/b8-5+. The molecule has 21 heavy (non-hydrogen) atoms. The zero-order valence-electron chi connectivity index (χ0n) is 11.5. The monoisotopic (exact) mass is 348 g/mol. The summed E-state index contributed by atoms with van der Waals surface area (Å²) in [6.45, 7) is 0. The predicted octanol–water partition coefficient (Wildman–Crippen LogP) is 1.74. The van der Waals surface area contributed by atoms with E-state index in [1.54, 1.807) is 31.3 Å². The van der Waals surface area contributed by atoms with E-state index in [4.69, 9.17) is 0 Å². The van der Waals surface area contributed by atoms with Crippen molar-refractivity contribution in [2.75, 3.05) is 0 Å². The van der Waals surface area contributed by atoms with Crippen LogP contribution in [0, 0.1) is 0 Å². The van der Waals surface area contributed by atoms with Crippen LogP contribution in [0.15, 0.2) is 50.6 Å². The lowest BCUT2D eigenvalue weighted by molar-refractivity contribution is 0.104. The van der Waals surface area contributed by atoms with Crippen LogP contribution in [-0.2, 0) is 14.1 Å². The Hall–Kier alpha value is -2.21. The first-order valence-corrected chi connectivity index (χ1v) is 6.94. The molecule has 0 amide bonds. The Morgan fingerprint density at radius 2 is 1.76 bits per heavy atom. The van der Waals surface area contributed by atoms with Crippen LogP contribution in [0.2, 0.25) is 0 Å². The minimum atomic E-state index is -0.432. The van der Waals surface area contributed by atoms with E-state index in [1.165, 1.54) is 30.0 Å². The van der Waals surface area contributed by atoms with E-state index in [0.29, 0.717) is 5.56 Å². The van der Waals surface area contributed by atoms with Crippen LogP contribution in [0.25, 0.3) is 6.08 Å². The maximum absolute atomic E-state index is 12.0. The lowest BCUT2D eigenvalue weighted by Crippen LogP contribution is -2.37. The molecule has 1 aromatic heterocycles. The van der Waals surface area contributed by atoms with Gasteiger partial charge in [0.2, 0.25) is 0 Å². The second-order valence-corrected chi connectivity index (χ2v) is 5.46. The maximum atomic E-state index is 12.0. The van der Waals surface area contributed by atoms with Crippen molar-refractivity contribution < 1.29 is 4.79 Å². The zero-order chi connectivity index (χ0) is 15.6. The van der Waals surface area contributed by atoms with Gasteiger partial charge in [0, 0.05) is 30.3 Å². The Labute approximate surface area is 129 Å². The molecule has 0 N–H and O–H groups in total. The van der Waals surface area contributed by atoms with Gasteiger partial charge in [0.1, 0.15) is 0 Å². The second kappa shape index (κ2) is 6.05. The third-order valence-electron chi connectivity index (χ3n) is 3.02. The molecule has 2 rings (SSSR count). The van der Waals surface area contributed by atoms with Crippen LogP contribution in [0.1, 0.15) is 15.9 Å². The van der Waals surface area contributed by atoms with Crippen molar-refractivity contribution in [3.05, 3.63) is 73.0 Å². The minimum absolute atomic E-state index is 0.210. The van der Waals surface area contributed by atoms with Gasteiger partial charge in [-0.2, -0.15) is 0 Å². The summed E-state index contributed by atoms with van der Waals surface area (Å²) in [5.41, 5.74) is -0.0319. The number of hydrogen-bond donors (Lipinski definition) is 0. The van der Waals surface area contributed by atoms with Crippen LogP contribution in [0.3, 0.4) is 0 Å². The SMILES string of the molecule is Cn1cc(/C=C/C(=O)c2ccc(Br)cc2)c(=O)n(C)c1=O. The quantitative estimate of drug-likeness (QED) is 0.627. The molecule has 0 saturated heterocycles. The highest BCUT2D eigenvalue weighted by Gasteiger charge is 2.05. The minimum Gasteiger partial charge on any atom is -0.303 e. The molecule has 0 radical (unpaired) electrons.